The van der Waals surface area contributed by atoms with Gasteiger partial charge in [-0.1, -0.05) is 54.6 Å². The minimum Gasteiger partial charge on any atom is -0.378 e. The van der Waals surface area contributed by atoms with Crippen molar-refractivity contribution in [3.05, 3.63) is 116 Å². The Kier molecular flexibility index (Phi) is 6.01. The standard InChI is InChI=1S/C28H22ClN3O4S/c29-27-24(37-23-8-4-3-7-22(23)32(35)36)15-20-26(27)25-19-6-2-1-5-16(19)11-14-21(25)30-28(20)17-9-12-18(13-10-17)31(33)34/h1-14,20,24,26-28,30H,15H2/t20-,24+,26-,27-,28+/m1/s1. The molecular weight excluding hydrogens is 510 g/mol. The van der Waals surface area contributed by atoms with Gasteiger partial charge in [-0.25, -0.2) is 0 Å². The molecule has 0 radical (unpaired) electrons. The lowest BCUT2D eigenvalue weighted by atomic mass is 9.75. The van der Waals surface area contributed by atoms with Crippen molar-refractivity contribution < 1.29 is 9.85 Å². The summed E-state index contributed by atoms with van der Waals surface area (Å²) in [6.45, 7) is 0. The Balaban J connectivity index is 1.44. The third-order valence-electron chi connectivity index (χ3n) is 7.51. The van der Waals surface area contributed by atoms with Gasteiger partial charge < -0.3 is 5.32 Å². The van der Waals surface area contributed by atoms with Crippen LogP contribution in [0.3, 0.4) is 0 Å². The van der Waals surface area contributed by atoms with Crippen molar-refractivity contribution in [3.63, 3.8) is 0 Å². The van der Waals surface area contributed by atoms with Gasteiger partial charge in [-0.2, -0.15) is 0 Å². The van der Waals surface area contributed by atoms with Gasteiger partial charge in [0.05, 0.1) is 26.2 Å². The lowest BCUT2D eigenvalue weighted by Gasteiger charge is -2.39. The largest absolute Gasteiger partial charge is 0.378 e. The van der Waals surface area contributed by atoms with Gasteiger partial charge in [0.25, 0.3) is 11.4 Å². The van der Waals surface area contributed by atoms with Crippen LogP contribution in [0.1, 0.15) is 29.5 Å². The quantitative estimate of drug-likeness (QED) is 0.161. The number of fused-ring (bicyclic) bond motifs is 5. The Morgan fingerprint density at radius 2 is 1.59 bits per heavy atom. The third-order valence-corrected chi connectivity index (χ3v) is 9.62. The van der Waals surface area contributed by atoms with Gasteiger partial charge in [-0.15, -0.1) is 23.4 Å². The summed E-state index contributed by atoms with van der Waals surface area (Å²) in [6.07, 6.45) is 0.743. The second kappa shape index (κ2) is 9.36. The number of halogens is 1. The molecule has 0 aromatic heterocycles. The number of anilines is 1. The molecule has 37 heavy (non-hydrogen) atoms. The predicted molar refractivity (Wildman–Crippen MR) is 147 cm³/mol. The lowest BCUT2D eigenvalue weighted by Crippen LogP contribution is -2.31. The summed E-state index contributed by atoms with van der Waals surface area (Å²) in [5.41, 5.74) is 3.27. The molecule has 7 nitrogen and oxygen atoms in total. The number of nitro groups is 2. The normalized spacial score (nSPS) is 24.2. The smallest absolute Gasteiger partial charge is 0.282 e. The first-order valence-electron chi connectivity index (χ1n) is 12.0. The zero-order valence-electron chi connectivity index (χ0n) is 19.5. The first kappa shape index (κ1) is 23.8. The van der Waals surface area contributed by atoms with Crippen molar-refractivity contribution in [2.75, 3.05) is 5.32 Å². The van der Waals surface area contributed by atoms with E-state index in [1.165, 1.54) is 35.5 Å². The molecule has 1 fully saturated rings. The van der Waals surface area contributed by atoms with Crippen molar-refractivity contribution >= 4 is 51.2 Å². The van der Waals surface area contributed by atoms with Crippen LogP contribution < -0.4 is 5.32 Å². The van der Waals surface area contributed by atoms with E-state index in [9.17, 15) is 20.2 Å². The minimum absolute atomic E-state index is 0.00415. The maximum atomic E-state index is 11.7. The first-order valence-corrected chi connectivity index (χ1v) is 13.3. The SMILES string of the molecule is O=[N+]([O-])c1ccc([C@@H]2Nc3ccc4ccccc4c3[C@@H]3[C@H](Cl)[C@@H](Sc4ccccc4[N+](=O)[O-])C[C@H]32)cc1. The van der Waals surface area contributed by atoms with E-state index < -0.39 is 4.92 Å². The number of hydrogen-bond donors (Lipinski definition) is 1. The van der Waals surface area contributed by atoms with Crippen LogP contribution in [0.5, 0.6) is 0 Å². The van der Waals surface area contributed by atoms with Crippen molar-refractivity contribution in [3.8, 4) is 0 Å². The summed E-state index contributed by atoms with van der Waals surface area (Å²) in [5.74, 6) is 0.104. The topological polar surface area (TPSA) is 98.3 Å². The number of nitro benzene ring substituents is 2. The van der Waals surface area contributed by atoms with E-state index >= 15 is 0 Å². The van der Waals surface area contributed by atoms with E-state index in [1.54, 1.807) is 12.1 Å². The Morgan fingerprint density at radius 1 is 0.865 bits per heavy atom. The zero-order chi connectivity index (χ0) is 25.7. The van der Waals surface area contributed by atoms with Crippen LogP contribution in [-0.2, 0) is 0 Å². The molecule has 4 aromatic carbocycles. The molecule has 9 heteroatoms. The summed E-state index contributed by atoms with van der Waals surface area (Å²) in [6, 6.07) is 25.8. The Hall–Kier alpha value is -3.62. The van der Waals surface area contributed by atoms with Gasteiger partial charge >= 0.3 is 0 Å². The minimum atomic E-state index is -0.397. The molecule has 5 atom stereocenters. The lowest BCUT2D eigenvalue weighted by molar-refractivity contribution is -0.387. The molecule has 1 heterocycles. The summed E-state index contributed by atoms with van der Waals surface area (Å²) in [7, 11) is 0. The Labute approximate surface area is 222 Å². The fourth-order valence-corrected chi connectivity index (χ4v) is 7.84. The fourth-order valence-electron chi connectivity index (χ4n) is 5.90. The van der Waals surface area contributed by atoms with Crippen molar-refractivity contribution in [2.24, 2.45) is 5.92 Å². The Bertz CT molecular complexity index is 1530. The van der Waals surface area contributed by atoms with E-state index in [1.807, 2.05) is 30.3 Å². The first-order chi connectivity index (χ1) is 17.9. The molecule has 4 aromatic rings. The number of hydrogen-bond acceptors (Lipinski definition) is 6. The molecule has 1 N–H and O–H groups in total. The van der Waals surface area contributed by atoms with Crippen LogP contribution in [0.25, 0.3) is 10.8 Å². The Morgan fingerprint density at radius 3 is 2.35 bits per heavy atom. The second-order valence-corrected chi connectivity index (χ2v) is 11.3. The van der Waals surface area contributed by atoms with E-state index in [4.69, 9.17) is 11.6 Å². The van der Waals surface area contributed by atoms with Crippen LogP contribution in [0.15, 0.2) is 89.8 Å². The number of nitrogens with zero attached hydrogens (tertiary/aromatic N) is 2. The van der Waals surface area contributed by atoms with Crippen molar-refractivity contribution in [1.82, 2.24) is 0 Å². The van der Waals surface area contributed by atoms with E-state index in [-0.39, 0.29) is 44.8 Å². The molecule has 1 aliphatic heterocycles. The van der Waals surface area contributed by atoms with Crippen LogP contribution in [-0.4, -0.2) is 20.5 Å². The number of benzene rings is 4. The number of rotatable bonds is 5. The predicted octanol–water partition coefficient (Wildman–Crippen LogP) is 7.69. The summed E-state index contributed by atoms with van der Waals surface area (Å²) in [5, 5.41) is 28.5. The molecular formula is C28H22ClN3O4S. The highest BCUT2D eigenvalue weighted by molar-refractivity contribution is 8.00. The highest BCUT2D eigenvalue weighted by atomic mass is 35.5. The number of thioether (sulfide) groups is 1. The number of alkyl halides is 1. The van der Waals surface area contributed by atoms with Crippen LogP contribution >= 0.6 is 23.4 Å². The molecule has 1 aliphatic carbocycles. The second-order valence-electron chi connectivity index (χ2n) is 9.47. The highest BCUT2D eigenvalue weighted by Crippen LogP contribution is 2.59. The number of non-ortho nitro benzene ring substituents is 1. The number of para-hydroxylation sites is 1. The summed E-state index contributed by atoms with van der Waals surface area (Å²) in [4.78, 5) is 22.7. The molecule has 0 bridgehead atoms. The van der Waals surface area contributed by atoms with Crippen LogP contribution in [0.4, 0.5) is 17.1 Å². The van der Waals surface area contributed by atoms with Gasteiger partial charge in [0, 0.05) is 35.1 Å². The van der Waals surface area contributed by atoms with Gasteiger partial charge in [-0.3, -0.25) is 20.2 Å². The van der Waals surface area contributed by atoms with Gasteiger partial charge in [-0.05, 0) is 46.4 Å². The molecule has 2 aliphatic rings. The van der Waals surface area contributed by atoms with Crippen molar-refractivity contribution in [1.29, 1.82) is 0 Å². The third kappa shape index (κ3) is 4.10. The fraction of sp³-hybridized carbons (Fsp3) is 0.214. The molecule has 0 saturated heterocycles. The summed E-state index contributed by atoms with van der Waals surface area (Å²) < 4.78 is 0. The van der Waals surface area contributed by atoms with E-state index in [0.717, 1.165) is 28.4 Å². The van der Waals surface area contributed by atoms with Gasteiger partial charge in [0.15, 0.2) is 0 Å². The molecule has 6 rings (SSSR count). The average Bonchev–Trinajstić information content (AvgIpc) is 3.23. The molecule has 186 valence electrons. The average molecular weight is 532 g/mol. The van der Waals surface area contributed by atoms with E-state index in [2.05, 4.69) is 29.6 Å². The van der Waals surface area contributed by atoms with Crippen molar-refractivity contribution in [2.45, 2.75) is 33.9 Å². The monoisotopic (exact) mass is 531 g/mol. The maximum Gasteiger partial charge on any atom is 0.282 e. The number of nitrogens with one attached hydrogen (secondary N) is 1. The molecule has 0 unspecified atom stereocenters. The molecule has 1 saturated carbocycles. The maximum absolute atomic E-state index is 11.7. The molecule has 0 amide bonds. The highest BCUT2D eigenvalue weighted by Gasteiger charge is 2.51. The summed E-state index contributed by atoms with van der Waals surface area (Å²) >= 11 is 8.75. The molecule has 0 spiro atoms. The zero-order valence-corrected chi connectivity index (χ0v) is 21.1. The van der Waals surface area contributed by atoms with E-state index in [0.29, 0.717) is 4.90 Å². The van der Waals surface area contributed by atoms with Crippen LogP contribution in [0, 0.1) is 26.1 Å². The van der Waals surface area contributed by atoms with Gasteiger partial charge in [0.1, 0.15) is 0 Å². The van der Waals surface area contributed by atoms with Crippen LogP contribution in [0.2, 0.25) is 0 Å². The van der Waals surface area contributed by atoms with Gasteiger partial charge in [0.2, 0.25) is 0 Å².